The van der Waals surface area contributed by atoms with Gasteiger partial charge in [-0.2, -0.15) is 0 Å². The molecule has 0 aliphatic carbocycles. The molecule has 0 amide bonds. The van der Waals surface area contributed by atoms with Crippen molar-refractivity contribution in [1.82, 2.24) is 0 Å². The van der Waals surface area contributed by atoms with Crippen LogP contribution in [0.2, 0.25) is 0 Å². The predicted molar refractivity (Wildman–Crippen MR) is 190 cm³/mol. The quantitative estimate of drug-likeness (QED) is 0.164. The zero-order valence-corrected chi connectivity index (χ0v) is 35.3. The van der Waals surface area contributed by atoms with Crippen molar-refractivity contribution in [3.05, 3.63) is 0 Å². The first-order valence-corrected chi connectivity index (χ1v) is 21.1. The molecule has 0 bridgehead atoms. The number of methoxy groups -OCH3 is 4. The lowest BCUT2D eigenvalue weighted by Crippen LogP contribution is -2.33. The highest BCUT2D eigenvalue weighted by molar-refractivity contribution is 7.48. The molecule has 0 spiro atoms. The number of hydrogen-bond donors (Lipinski definition) is 0. The van der Waals surface area contributed by atoms with Gasteiger partial charge in [0, 0.05) is 66.3 Å². The summed E-state index contributed by atoms with van der Waals surface area (Å²) in [6.07, 6.45) is -2.49. The Morgan fingerprint density at radius 1 is 0.423 bits per heavy atom. The van der Waals surface area contributed by atoms with Gasteiger partial charge in [0.05, 0.1) is 63.1 Å². The predicted octanol–water partition coefficient (Wildman–Crippen LogP) is 5.30. The Labute approximate surface area is 310 Å². The highest BCUT2D eigenvalue weighted by Crippen LogP contribution is 2.54. The molecule has 18 atom stereocenters. The number of hydrogen-bond acceptors (Lipinski definition) is 16. The van der Waals surface area contributed by atoms with Gasteiger partial charge in [-0.25, -0.2) is 9.13 Å². The van der Waals surface area contributed by atoms with E-state index in [1.807, 2.05) is 41.5 Å². The van der Waals surface area contributed by atoms with E-state index in [1.54, 1.807) is 28.4 Å². The number of phosphoric acid groups is 2. The van der Waals surface area contributed by atoms with E-state index in [0.29, 0.717) is 13.2 Å². The fraction of sp³-hybridized carbons (Fsp3) is 1.00. The minimum absolute atomic E-state index is 0.0247. The van der Waals surface area contributed by atoms with Crippen molar-refractivity contribution in [2.45, 2.75) is 129 Å². The van der Waals surface area contributed by atoms with Crippen LogP contribution in [0.25, 0.3) is 0 Å². The largest absolute Gasteiger partial charge is 0.474 e. The van der Waals surface area contributed by atoms with Gasteiger partial charge in [0.2, 0.25) is 0 Å². The van der Waals surface area contributed by atoms with Crippen LogP contribution in [0, 0.1) is 23.7 Å². The molecule has 6 unspecified atom stereocenters. The van der Waals surface area contributed by atoms with Crippen LogP contribution in [0.5, 0.6) is 0 Å². The first-order valence-electron chi connectivity index (χ1n) is 18.1. The van der Waals surface area contributed by atoms with E-state index in [-0.39, 0.29) is 97.9 Å². The van der Waals surface area contributed by atoms with Gasteiger partial charge >= 0.3 is 15.6 Å². The van der Waals surface area contributed by atoms with Crippen LogP contribution in [-0.2, 0) is 74.2 Å². The highest BCUT2D eigenvalue weighted by Gasteiger charge is 2.48. The van der Waals surface area contributed by atoms with Crippen LogP contribution >= 0.6 is 15.6 Å². The molecule has 4 saturated heterocycles. The van der Waals surface area contributed by atoms with Crippen molar-refractivity contribution in [3.8, 4) is 0 Å². The summed E-state index contributed by atoms with van der Waals surface area (Å²) in [5.74, 6) is 0.478. The lowest BCUT2D eigenvalue weighted by atomic mass is 9.99. The van der Waals surface area contributed by atoms with Gasteiger partial charge in [-0.05, 0) is 27.7 Å². The van der Waals surface area contributed by atoms with Gasteiger partial charge in [-0.3, -0.25) is 27.1 Å². The third-order valence-corrected chi connectivity index (χ3v) is 13.8. The summed E-state index contributed by atoms with van der Waals surface area (Å²) in [4.78, 5) is 0. The van der Waals surface area contributed by atoms with Gasteiger partial charge < -0.3 is 37.9 Å². The van der Waals surface area contributed by atoms with Crippen LogP contribution in [0.1, 0.15) is 55.4 Å². The topological polar surface area (TPSA) is 163 Å². The minimum atomic E-state index is -3.77. The molecule has 4 heterocycles. The Bertz CT molecular complexity index is 1060. The summed E-state index contributed by atoms with van der Waals surface area (Å²) in [6, 6.07) is 0. The van der Waals surface area contributed by atoms with E-state index in [2.05, 4.69) is 13.8 Å². The molecule has 52 heavy (non-hydrogen) atoms. The molecular formula is C34H66O16P2. The second-order valence-electron chi connectivity index (χ2n) is 14.3. The third kappa shape index (κ3) is 11.5. The van der Waals surface area contributed by atoms with Crippen molar-refractivity contribution in [1.29, 1.82) is 0 Å². The smallest absolute Gasteiger partial charge is 0.382 e. The van der Waals surface area contributed by atoms with Gasteiger partial charge in [0.15, 0.2) is 0 Å². The van der Waals surface area contributed by atoms with E-state index >= 15 is 0 Å². The minimum Gasteiger partial charge on any atom is -0.382 e. The van der Waals surface area contributed by atoms with Crippen LogP contribution in [0.3, 0.4) is 0 Å². The van der Waals surface area contributed by atoms with Crippen molar-refractivity contribution < 1.29 is 74.2 Å². The van der Waals surface area contributed by atoms with Gasteiger partial charge in [-0.1, -0.05) is 27.7 Å². The fourth-order valence-electron chi connectivity index (χ4n) is 7.14. The Morgan fingerprint density at radius 2 is 0.692 bits per heavy atom. The second-order valence-corrected chi connectivity index (χ2v) is 17.7. The Hall–Kier alpha value is -0.100. The van der Waals surface area contributed by atoms with Crippen LogP contribution in [-0.4, -0.2) is 142 Å². The first-order chi connectivity index (χ1) is 24.5. The molecular weight excluding hydrogens is 726 g/mol. The summed E-state index contributed by atoms with van der Waals surface area (Å²) >= 11 is 0. The maximum absolute atomic E-state index is 13.0. The highest BCUT2D eigenvalue weighted by atomic mass is 31.2. The summed E-state index contributed by atoms with van der Waals surface area (Å²) in [5.41, 5.74) is 0. The summed E-state index contributed by atoms with van der Waals surface area (Å²) < 4.78 is 104. The molecule has 0 N–H and O–H groups in total. The zero-order valence-electron chi connectivity index (χ0n) is 33.5. The van der Waals surface area contributed by atoms with Crippen molar-refractivity contribution >= 4 is 15.6 Å². The molecule has 308 valence electrons. The van der Waals surface area contributed by atoms with Crippen molar-refractivity contribution in [2.75, 3.05) is 69.1 Å². The van der Waals surface area contributed by atoms with E-state index in [1.165, 1.54) is 14.2 Å². The number of rotatable bonds is 18. The van der Waals surface area contributed by atoms with Gasteiger partial charge in [0.25, 0.3) is 0 Å². The molecule has 4 aliphatic heterocycles. The molecule has 4 rings (SSSR count). The molecule has 0 aromatic carbocycles. The number of ether oxygens (including phenoxy) is 8. The first kappa shape index (κ1) is 46.3. The lowest BCUT2D eigenvalue weighted by Gasteiger charge is -2.27. The van der Waals surface area contributed by atoms with E-state index in [9.17, 15) is 9.13 Å². The van der Waals surface area contributed by atoms with E-state index < -0.39 is 27.9 Å². The summed E-state index contributed by atoms with van der Waals surface area (Å²) in [7, 11) is 1.52. The monoisotopic (exact) mass is 792 g/mol. The maximum Gasteiger partial charge on any atom is 0.474 e. The standard InChI is InChI=1S/2C17H33O8P/c2*1-10-12(3)24-15(16(10)20-6)9-22-26(18,21-7)25-17-11(2)13(4)23-14(17)8-19-5/h2*10-17H,8-9H2,1-7H3/t2*10-,11-,12+,13+,14-,15-,16?,17?,26?/m11/s1. The summed E-state index contributed by atoms with van der Waals surface area (Å²) in [6.45, 7) is 16.8. The van der Waals surface area contributed by atoms with Crippen molar-refractivity contribution in [3.63, 3.8) is 0 Å². The van der Waals surface area contributed by atoms with Crippen LogP contribution < -0.4 is 0 Å². The molecule has 0 saturated carbocycles. The second kappa shape index (κ2) is 20.9. The average Bonchev–Trinajstić information content (AvgIpc) is 3.75. The normalized spacial score (nSPS) is 42.9. The summed E-state index contributed by atoms with van der Waals surface area (Å²) in [5, 5.41) is 0. The van der Waals surface area contributed by atoms with Crippen LogP contribution in [0.15, 0.2) is 0 Å². The Morgan fingerprint density at radius 3 is 0.942 bits per heavy atom. The van der Waals surface area contributed by atoms with E-state index in [0.717, 1.165) is 0 Å². The van der Waals surface area contributed by atoms with E-state index in [4.69, 9.17) is 65.0 Å². The molecule has 16 nitrogen and oxygen atoms in total. The Kier molecular flexibility index (Phi) is 18.6. The van der Waals surface area contributed by atoms with Gasteiger partial charge in [-0.15, -0.1) is 0 Å². The van der Waals surface area contributed by atoms with Crippen LogP contribution in [0.4, 0.5) is 0 Å². The van der Waals surface area contributed by atoms with Gasteiger partial charge in [0.1, 0.15) is 36.6 Å². The molecule has 0 aromatic rings. The maximum atomic E-state index is 13.0. The lowest BCUT2D eigenvalue weighted by molar-refractivity contribution is -0.0476. The molecule has 4 fully saturated rings. The molecule has 18 heteroatoms. The third-order valence-electron chi connectivity index (χ3n) is 11.0. The SMILES string of the molecule is COC[C@H]1O[C@@H](C)[C@@H](C)C1OP(=O)(OC)OC[C@H]1O[C@@H](C)[C@@H](C)C1OC.COC[C@H]1O[C@@H](C)[C@@H](C)C1OP(=O)(OC)OC[C@H]1O[C@@H](C)[C@@H](C)C1OC. The number of phosphoric ester groups is 2. The molecule has 0 radical (unpaired) electrons. The zero-order chi connectivity index (χ0) is 39.0. The molecule has 0 aromatic heterocycles. The van der Waals surface area contributed by atoms with Crippen molar-refractivity contribution in [2.24, 2.45) is 23.7 Å². The average molecular weight is 793 g/mol. The fourth-order valence-corrected chi connectivity index (χ4v) is 9.55. The Balaban J connectivity index is 0.000000280. The molecule has 4 aliphatic rings.